The minimum absolute atomic E-state index is 0.536. The number of methoxy groups -OCH3 is 1. The van der Waals surface area contributed by atoms with E-state index in [0.717, 1.165) is 33.7 Å². The molecule has 0 fully saturated rings. The number of hydrogen-bond acceptors (Lipinski definition) is 3. The van der Waals surface area contributed by atoms with Crippen molar-refractivity contribution in [1.82, 2.24) is 4.98 Å². The van der Waals surface area contributed by atoms with Gasteiger partial charge >= 0.3 is 0 Å². The molecular weight excluding hydrogens is 298 g/mol. The third-order valence-corrected chi connectivity index (χ3v) is 4.15. The second-order valence-corrected chi connectivity index (χ2v) is 6.33. The van der Waals surface area contributed by atoms with Crippen molar-refractivity contribution in [3.05, 3.63) is 65.4 Å². The smallest absolute Gasteiger partial charge is 0.131 e. The van der Waals surface area contributed by atoms with Crippen molar-refractivity contribution in [3.8, 4) is 11.5 Å². The third kappa shape index (κ3) is 3.51. The van der Waals surface area contributed by atoms with Gasteiger partial charge in [-0.2, -0.15) is 0 Å². The molecule has 124 valence electrons. The summed E-state index contributed by atoms with van der Waals surface area (Å²) in [7, 11) is 1.67. The highest BCUT2D eigenvalue weighted by molar-refractivity contribution is 5.86. The summed E-state index contributed by atoms with van der Waals surface area (Å²) < 4.78 is 11.4. The molecule has 0 saturated carbocycles. The number of aromatic nitrogens is 1. The number of pyridine rings is 1. The van der Waals surface area contributed by atoms with Gasteiger partial charge in [0.05, 0.1) is 12.6 Å². The molecule has 0 aliphatic rings. The second-order valence-electron chi connectivity index (χ2n) is 6.33. The first-order chi connectivity index (χ1) is 11.6. The number of nitrogens with zero attached hydrogens (tertiary/aromatic N) is 1. The Morgan fingerprint density at radius 2 is 1.75 bits per heavy atom. The van der Waals surface area contributed by atoms with Crippen molar-refractivity contribution >= 4 is 10.9 Å². The Labute approximate surface area is 143 Å². The molecule has 3 rings (SSSR count). The molecule has 0 radical (unpaired) electrons. The van der Waals surface area contributed by atoms with Crippen LogP contribution in [-0.4, -0.2) is 12.1 Å². The summed E-state index contributed by atoms with van der Waals surface area (Å²) in [4.78, 5) is 4.56. The van der Waals surface area contributed by atoms with Gasteiger partial charge < -0.3 is 9.47 Å². The standard InChI is InChI=1S/C21H23NO2/c1-14(2)17-7-5-16(6-8-17)13-24-21-11-15(3)22-20-10-9-18(23-4)12-19(20)21/h5-12,14H,13H2,1-4H3. The fraction of sp³-hybridized carbons (Fsp3) is 0.286. The second kappa shape index (κ2) is 6.91. The minimum atomic E-state index is 0.536. The van der Waals surface area contributed by atoms with Crippen molar-refractivity contribution in [2.24, 2.45) is 0 Å². The Bertz CT molecular complexity index is 838. The normalized spacial score (nSPS) is 11.0. The first-order valence-corrected chi connectivity index (χ1v) is 8.24. The molecule has 0 atom stereocenters. The predicted molar refractivity (Wildman–Crippen MR) is 97.9 cm³/mol. The molecule has 0 saturated heterocycles. The third-order valence-electron chi connectivity index (χ3n) is 4.15. The van der Waals surface area contributed by atoms with Crippen LogP contribution in [0.4, 0.5) is 0 Å². The van der Waals surface area contributed by atoms with E-state index in [0.29, 0.717) is 12.5 Å². The average molecular weight is 321 g/mol. The van der Waals surface area contributed by atoms with Crippen LogP contribution in [0.1, 0.15) is 36.6 Å². The molecule has 3 aromatic rings. The topological polar surface area (TPSA) is 31.4 Å². The van der Waals surface area contributed by atoms with Crippen molar-refractivity contribution in [2.45, 2.75) is 33.3 Å². The molecule has 3 nitrogen and oxygen atoms in total. The Morgan fingerprint density at radius 1 is 1.00 bits per heavy atom. The Balaban J connectivity index is 1.86. The van der Waals surface area contributed by atoms with Crippen LogP contribution < -0.4 is 9.47 Å². The van der Waals surface area contributed by atoms with Crippen LogP contribution in [-0.2, 0) is 6.61 Å². The van der Waals surface area contributed by atoms with Crippen LogP contribution in [0.15, 0.2) is 48.5 Å². The summed E-state index contributed by atoms with van der Waals surface area (Å²) in [6, 6.07) is 16.4. The number of hydrogen-bond donors (Lipinski definition) is 0. The molecule has 3 heteroatoms. The van der Waals surface area contributed by atoms with Gasteiger partial charge in [-0.3, -0.25) is 4.98 Å². The lowest BCUT2D eigenvalue weighted by Gasteiger charge is -2.12. The molecule has 24 heavy (non-hydrogen) atoms. The number of fused-ring (bicyclic) bond motifs is 1. The number of benzene rings is 2. The lowest BCUT2D eigenvalue weighted by molar-refractivity contribution is 0.309. The van der Waals surface area contributed by atoms with E-state index in [1.165, 1.54) is 5.56 Å². The number of rotatable bonds is 5. The minimum Gasteiger partial charge on any atom is -0.497 e. The Kier molecular flexibility index (Phi) is 4.70. The maximum absolute atomic E-state index is 6.09. The molecule has 1 aromatic heterocycles. The molecule has 2 aromatic carbocycles. The van der Waals surface area contributed by atoms with Crippen molar-refractivity contribution in [1.29, 1.82) is 0 Å². The van der Waals surface area contributed by atoms with E-state index in [1.807, 2.05) is 31.2 Å². The van der Waals surface area contributed by atoms with E-state index < -0.39 is 0 Å². The summed E-state index contributed by atoms with van der Waals surface area (Å²) in [6.45, 7) is 6.91. The average Bonchev–Trinajstić information content (AvgIpc) is 2.59. The van der Waals surface area contributed by atoms with Gasteiger partial charge in [0.15, 0.2) is 0 Å². The first kappa shape index (κ1) is 16.3. The number of ether oxygens (including phenoxy) is 2. The van der Waals surface area contributed by atoms with Gasteiger partial charge in [0.1, 0.15) is 18.1 Å². The van der Waals surface area contributed by atoms with E-state index in [2.05, 4.69) is 43.1 Å². The molecule has 0 spiro atoms. The predicted octanol–water partition coefficient (Wildman–Crippen LogP) is 5.25. The maximum Gasteiger partial charge on any atom is 0.131 e. The molecule has 0 aliphatic carbocycles. The van der Waals surface area contributed by atoms with Crippen LogP contribution in [0, 0.1) is 6.92 Å². The maximum atomic E-state index is 6.09. The molecule has 0 N–H and O–H groups in total. The van der Waals surface area contributed by atoms with Gasteiger partial charge in [0, 0.05) is 17.1 Å². The van der Waals surface area contributed by atoms with E-state index in [1.54, 1.807) is 7.11 Å². The molecule has 0 aliphatic heterocycles. The zero-order valence-corrected chi connectivity index (χ0v) is 14.7. The highest BCUT2D eigenvalue weighted by Gasteiger charge is 2.08. The summed E-state index contributed by atoms with van der Waals surface area (Å²) in [5.74, 6) is 2.18. The van der Waals surface area contributed by atoms with Gasteiger partial charge in [-0.25, -0.2) is 0 Å². The summed E-state index contributed by atoms with van der Waals surface area (Å²) >= 11 is 0. The fourth-order valence-corrected chi connectivity index (χ4v) is 2.71. The fourth-order valence-electron chi connectivity index (χ4n) is 2.71. The molecule has 0 unspecified atom stereocenters. The van der Waals surface area contributed by atoms with Crippen LogP contribution >= 0.6 is 0 Å². The monoisotopic (exact) mass is 321 g/mol. The first-order valence-electron chi connectivity index (χ1n) is 8.24. The summed E-state index contributed by atoms with van der Waals surface area (Å²) in [6.07, 6.45) is 0. The summed E-state index contributed by atoms with van der Waals surface area (Å²) in [5, 5.41) is 0.971. The van der Waals surface area contributed by atoms with E-state index >= 15 is 0 Å². The SMILES string of the molecule is COc1ccc2nc(C)cc(OCc3ccc(C(C)C)cc3)c2c1. The van der Waals surface area contributed by atoms with Crippen molar-refractivity contribution in [2.75, 3.05) is 7.11 Å². The zero-order chi connectivity index (χ0) is 17.1. The van der Waals surface area contributed by atoms with Crippen molar-refractivity contribution < 1.29 is 9.47 Å². The molecule has 0 bridgehead atoms. The van der Waals surface area contributed by atoms with E-state index in [-0.39, 0.29) is 0 Å². The quantitative estimate of drug-likeness (QED) is 0.643. The Morgan fingerprint density at radius 3 is 2.42 bits per heavy atom. The van der Waals surface area contributed by atoms with Crippen LogP contribution in [0.25, 0.3) is 10.9 Å². The van der Waals surface area contributed by atoms with Crippen LogP contribution in [0.5, 0.6) is 11.5 Å². The highest BCUT2D eigenvalue weighted by Crippen LogP contribution is 2.29. The van der Waals surface area contributed by atoms with Crippen LogP contribution in [0.2, 0.25) is 0 Å². The summed E-state index contributed by atoms with van der Waals surface area (Å²) in [5.41, 5.74) is 4.36. The van der Waals surface area contributed by atoms with Crippen molar-refractivity contribution in [3.63, 3.8) is 0 Å². The van der Waals surface area contributed by atoms with E-state index in [4.69, 9.17) is 9.47 Å². The largest absolute Gasteiger partial charge is 0.497 e. The zero-order valence-electron chi connectivity index (χ0n) is 14.7. The van der Waals surface area contributed by atoms with Gasteiger partial charge in [-0.05, 0) is 42.2 Å². The van der Waals surface area contributed by atoms with Gasteiger partial charge in [-0.15, -0.1) is 0 Å². The molecular formula is C21H23NO2. The van der Waals surface area contributed by atoms with Gasteiger partial charge in [-0.1, -0.05) is 38.1 Å². The molecule has 0 amide bonds. The lowest BCUT2D eigenvalue weighted by Crippen LogP contribution is -1.98. The Hall–Kier alpha value is -2.55. The number of aryl methyl sites for hydroxylation is 1. The van der Waals surface area contributed by atoms with Gasteiger partial charge in [0.2, 0.25) is 0 Å². The van der Waals surface area contributed by atoms with E-state index in [9.17, 15) is 0 Å². The lowest BCUT2D eigenvalue weighted by atomic mass is 10.0. The molecule has 1 heterocycles. The highest BCUT2D eigenvalue weighted by atomic mass is 16.5. The van der Waals surface area contributed by atoms with Crippen LogP contribution in [0.3, 0.4) is 0 Å². The van der Waals surface area contributed by atoms with Gasteiger partial charge in [0.25, 0.3) is 0 Å².